The number of benzene rings is 1. The fourth-order valence-electron chi connectivity index (χ4n) is 3.24. The van der Waals surface area contributed by atoms with Crippen LogP contribution in [0.3, 0.4) is 0 Å². The van der Waals surface area contributed by atoms with Crippen molar-refractivity contribution in [1.29, 1.82) is 0 Å². The Labute approximate surface area is 151 Å². The highest BCUT2D eigenvalue weighted by Crippen LogP contribution is 2.32. The Morgan fingerprint density at radius 3 is 2.73 bits per heavy atom. The van der Waals surface area contributed by atoms with Crippen LogP contribution >= 0.6 is 0 Å². The monoisotopic (exact) mass is 353 g/mol. The van der Waals surface area contributed by atoms with Crippen LogP contribution in [0.4, 0.5) is 5.69 Å². The first-order valence-corrected chi connectivity index (χ1v) is 8.56. The normalized spacial score (nSPS) is 19.2. The highest BCUT2D eigenvalue weighted by atomic mass is 16.2. The zero-order valence-corrected chi connectivity index (χ0v) is 14.2. The summed E-state index contributed by atoms with van der Waals surface area (Å²) in [6.45, 7) is 0.623. The molecule has 0 spiro atoms. The van der Waals surface area contributed by atoms with E-state index < -0.39 is 29.7 Å². The Morgan fingerprint density at radius 1 is 1.19 bits per heavy atom. The van der Waals surface area contributed by atoms with Crippen molar-refractivity contribution in [2.75, 3.05) is 11.9 Å². The Morgan fingerprint density at radius 2 is 2.00 bits per heavy atom. The average molecular weight is 353 g/mol. The molecule has 0 aliphatic carbocycles. The number of imide groups is 2. The molecule has 2 aliphatic rings. The number of nitrogens with one attached hydrogen (secondary N) is 2. The summed E-state index contributed by atoms with van der Waals surface area (Å²) in [5.74, 6) is 0.560. The minimum Gasteiger partial charge on any atom is -0.384 e. The van der Waals surface area contributed by atoms with Gasteiger partial charge >= 0.3 is 0 Å². The first kappa shape index (κ1) is 17.7. The van der Waals surface area contributed by atoms with Gasteiger partial charge in [0.2, 0.25) is 11.8 Å². The first-order chi connectivity index (χ1) is 12.5. The summed E-state index contributed by atoms with van der Waals surface area (Å²) < 4.78 is 0. The molecule has 0 bridgehead atoms. The smallest absolute Gasteiger partial charge is 0.264 e. The SMILES string of the molecule is C#CCCCCNc1cccc2c1C(=O)N(C1CCC(=O)NC1=O)C2=O. The predicted molar refractivity (Wildman–Crippen MR) is 94.3 cm³/mol. The van der Waals surface area contributed by atoms with Gasteiger partial charge in [-0.25, -0.2) is 0 Å². The molecule has 1 fully saturated rings. The Balaban J connectivity index is 1.79. The van der Waals surface area contributed by atoms with Crippen LogP contribution in [-0.2, 0) is 9.59 Å². The molecule has 1 aromatic rings. The molecule has 2 N–H and O–H groups in total. The van der Waals surface area contributed by atoms with Gasteiger partial charge in [-0.2, -0.15) is 0 Å². The van der Waals surface area contributed by atoms with Crippen LogP contribution in [0.15, 0.2) is 18.2 Å². The molecule has 2 aliphatic heterocycles. The number of carbonyl (C=O) groups excluding carboxylic acids is 4. The van der Waals surface area contributed by atoms with Gasteiger partial charge in [0.25, 0.3) is 11.8 Å². The second-order valence-corrected chi connectivity index (χ2v) is 6.26. The highest BCUT2D eigenvalue weighted by Gasteiger charge is 2.45. The summed E-state index contributed by atoms with van der Waals surface area (Å²) in [6.07, 6.45) is 7.87. The number of rotatable bonds is 6. The molecule has 4 amide bonds. The van der Waals surface area contributed by atoms with E-state index in [1.54, 1.807) is 18.2 Å². The number of nitrogens with zero attached hydrogens (tertiary/aromatic N) is 1. The topological polar surface area (TPSA) is 95.6 Å². The van der Waals surface area contributed by atoms with Gasteiger partial charge in [0, 0.05) is 25.1 Å². The van der Waals surface area contributed by atoms with Crippen LogP contribution in [0.25, 0.3) is 0 Å². The summed E-state index contributed by atoms with van der Waals surface area (Å²) in [6, 6.07) is 4.05. The minimum atomic E-state index is -0.955. The van der Waals surface area contributed by atoms with Gasteiger partial charge in [-0.15, -0.1) is 12.3 Å². The summed E-state index contributed by atoms with van der Waals surface area (Å²) in [4.78, 5) is 49.9. The summed E-state index contributed by atoms with van der Waals surface area (Å²) in [5.41, 5.74) is 1.11. The van der Waals surface area contributed by atoms with Gasteiger partial charge in [0.1, 0.15) is 6.04 Å². The minimum absolute atomic E-state index is 0.101. The molecule has 1 unspecified atom stereocenters. The Bertz CT molecular complexity index is 825. The number of hydrogen-bond acceptors (Lipinski definition) is 5. The average Bonchev–Trinajstić information content (AvgIpc) is 2.87. The molecule has 7 nitrogen and oxygen atoms in total. The van der Waals surface area contributed by atoms with Crippen molar-refractivity contribution in [3.05, 3.63) is 29.3 Å². The number of anilines is 1. The van der Waals surface area contributed by atoms with Crippen molar-refractivity contribution < 1.29 is 19.2 Å². The third-order valence-electron chi connectivity index (χ3n) is 4.53. The number of hydrogen-bond donors (Lipinski definition) is 2. The maximum Gasteiger partial charge on any atom is 0.264 e. The number of piperidine rings is 1. The van der Waals surface area contributed by atoms with E-state index in [2.05, 4.69) is 16.6 Å². The zero-order chi connectivity index (χ0) is 18.7. The quantitative estimate of drug-likeness (QED) is 0.457. The molecule has 0 radical (unpaired) electrons. The zero-order valence-electron chi connectivity index (χ0n) is 14.2. The molecule has 1 atom stereocenters. The molecule has 134 valence electrons. The predicted octanol–water partition coefficient (Wildman–Crippen LogP) is 1.30. The van der Waals surface area contributed by atoms with Crippen molar-refractivity contribution in [1.82, 2.24) is 10.2 Å². The second kappa shape index (κ2) is 7.40. The lowest BCUT2D eigenvalue weighted by atomic mass is 10.0. The molecular formula is C19H19N3O4. The van der Waals surface area contributed by atoms with E-state index in [9.17, 15) is 19.2 Å². The summed E-state index contributed by atoms with van der Waals surface area (Å²) in [7, 11) is 0. The molecule has 7 heteroatoms. The van der Waals surface area contributed by atoms with Crippen molar-refractivity contribution in [3.8, 4) is 12.3 Å². The summed E-state index contributed by atoms with van der Waals surface area (Å²) in [5, 5.41) is 5.36. The maximum atomic E-state index is 12.9. The fourth-order valence-corrected chi connectivity index (χ4v) is 3.24. The van der Waals surface area contributed by atoms with E-state index in [4.69, 9.17) is 6.42 Å². The van der Waals surface area contributed by atoms with Crippen LogP contribution < -0.4 is 10.6 Å². The van der Waals surface area contributed by atoms with Crippen molar-refractivity contribution >= 4 is 29.3 Å². The number of amides is 4. The third kappa shape index (κ3) is 3.18. The molecule has 0 saturated carbocycles. The Hall–Kier alpha value is -3.14. The van der Waals surface area contributed by atoms with E-state index in [0.717, 1.165) is 17.7 Å². The maximum absolute atomic E-state index is 12.9. The van der Waals surface area contributed by atoms with Crippen LogP contribution in [-0.4, -0.2) is 41.1 Å². The van der Waals surface area contributed by atoms with Crippen LogP contribution in [0, 0.1) is 12.3 Å². The van der Waals surface area contributed by atoms with Crippen molar-refractivity contribution in [3.63, 3.8) is 0 Å². The number of terminal acetylenes is 1. The third-order valence-corrected chi connectivity index (χ3v) is 4.53. The van der Waals surface area contributed by atoms with E-state index >= 15 is 0 Å². The standard InChI is InChI=1S/C19H19N3O4/c1-2-3-4-5-11-20-13-8-6-7-12-16(13)19(26)22(18(12)25)14-9-10-15(23)21-17(14)24/h1,6-8,14,20H,3-5,9-11H2,(H,21,23,24). The van der Waals surface area contributed by atoms with Crippen molar-refractivity contribution in [2.24, 2.45) is 0 Å². The summed E-state index contributed by atoms with van der Waals surface area (Å²) >= 11 is 0. The largest absolute Gasteiger partial charge is 0.384 e. The van der Waals surface area contributed by atoms with E-state index in [-0.39, 0.29) is 24.0 Å². The molecular weight excluding hydrogens is 334 g/mol. The van der Waals surface area contributed by atoms with Gasteiger partial charge in [-0.1, -0.05) is 6.07 Å². The first-order valence-electron chi connectivity index (χ1n) is 8.56. The van der Waals surface area contributed by atoms with E-state index in [1.807, 2.05) is 0 Å². The number of carbonyl (C=O) groups is 4. The second-order valence-electron chi connectivity index (χ2n) is 6.26. The molecule has 3 rings (SSSR count). The van der Waals surface area contributed by atoms with Gasteiger partial charge in [-0.3, -0.25) is 29.4 Å². The molecule has 0 aromatic heterocycles. The lowest BCUT2D eigenvalue weighted by molar-refractivity contribution is -0.136. The molecule has 1 aromatic carbocycles. The van der Waals surface area contributed by atoms with Crippen LogP contribution in [0.1, 0.15) is 52.8 Å². The van der Waals surface area contributed by atoms with E-state index in [0.29, 0.717) is 18.7 Å². The van der Waals surface area contributed by atoms with Crippen LogP contribution in [0.5, 0.6) is 0 Å². The van der Waals surface area contributed by atoms with Crippen molar-refractivity contribution in [2.45, 2.75) is 38.1 Å². The molecule has 26 heavy (non-hydrogen) atoms. The molecule has 1 saturated heterocycles. The van der Waals surface area contributed by atoms with Gasteiger partial charge in [0.15, 0.2) is 0 Å². The lowest BCUT2D eigenvalue weighted by Crippen LogP contribution is -2.54. The van der Waals surface area contributed by atoms with Gasteiger partial charge in [-0.05, 0) is 31.4 Å². The van der Waals surface area contributed by atoms with E-state index in [1.165, 1.54) is 0 Å². The fraction of sp³-hybridized carbons (Fsp3) is 0.368. The molecule has 2 heterocycles. The Kier molecular flexibility index (Phi) is 5.03. The lowest BCUT2D eigenvalue weighted by Gasteiger charge is -2.27. The van der Waals surface area contributed by atoms with Crippen LogP contribution in [0.2, 0.25) is 0 Å². The number of unbranched alkanes of at least 4 members (excludes halogenated alkanes) is 2. The highest BCUT2D eigenvalue weighted by molar-refractivity contribution is 6.25. The van der Waals surface area contributed by atoms with Gasteiger partial charge in [0.05, 0.1) is 11.1 Å². The van der Waals surface area contributed by atoms with Gasteiger partial charge < -0.3 is 5.32 Å². The number of fused-ring (bicyclic) bond motifs is 1.